The molecule has 0 radical (unpaired) electrons. The van der Waals surface area contributed by atoms with E-state index >= 15 is 0 Å². The molecule has 3 rings (SSSR count). The molecule has 1 aliphatic heterocycles. The molecule has 2 atom stereocenters. The molecule has 1 aliphatic rings. The van der Waals surface area contributed by atoms with Crippen molar-refractivity contribution in [2.75, 3.05) is 4.90 Å². The number of carbonyl (C=O) groups is 1. The second-order valence-corrected chi connectivity index (χ2v) is 4.38. The molecule has 2 aromatic rings. The molecule has 102 valence electrons. The van der Waals surface area contributed by atoms with Crippen molar-refractivity contribution >= 4 is 17.4 Å². The molecule has 2 amide bonds. The standard InChI is InChI=1S/C15H14N2O3/c16-15(20)17-11-7-3-1-5-9(11)13(18)14(19)10-6-2-4-8-12(10)17/h1-8,13-14,18-19H,(H2,16,20)/i1D,3D,5D,7D. The van der Waals surface area contributed by atoms with Crippen LogP contribution >= 0.6 is 0 Å². The van der Waals surface area contributed by atoms with Gasteiger partial charge in [0, 0.05) is 11.1 Å². The maximum Gasteiger partial charge on any atom is 0.323 e. The van der Waals surface area contributed by atoms with E-state index in [1.165, 1.54) is 12.1 Å². The van der Waals surface area contributed by atoms with E-state index in [4.69, 9.17) is 11.2 Å². The van der Waals surface area contributed by atoms with Gasteiger partial charge in [-0.3, -0.25) is 4.90 Å². The smallest absolute Gasteiger partial charge is 0.323 e. The minimum atomic E-state index is -1.65. The number of aliphatic hydroxyl groups excluding tert-OH is 2. The van der Waals surface area contributed by atoms with Gasteiger partial charge in [-0.05, 0) is 12.1 Å². The lowest BCUT2D eigenvalue weighted by atomic mass is 9.99. The van der Waals surface area contributed by atoms with Gasteiger partial charge in [-0.2, -0.15) is 0 Å². The second-order valence-electron chi connectivity index (χ2n) is 4.38. The van der Waals surface area contributed by atoms with Crippen molar-refractivity contribution in [3.05, 3.63) is 59.6 Å². The Morgan fingerprint density at radius 1 is 1.10 bits per heavy atom. The number of nitrogens with two attached hydrogens (primary N) is 1. The Kier molecular flexibility index (Phi) is 2.02. The number of aliphatic hydroxyl groups is 2. The number of primary amides is 1. The van der Waals surface area contributed by atoms with Crippen molar-refractivity contribution in [2.45, 2.75) is 12.2 Å². The number of nitrogens with zero attached hydrogens (tertiary/aromatic N) is 1. The van der Waals surface area contributed by atoms with Crippen LogP contribution in [0.1, 0.15) is 28.8 Å². The third-order valence-electron chi connectivity index (χ3n) is 3.23. The third kappa shape index (κ3) is 1.76. The van der Waals surface area contributed by atoms with Crippen LogP contribution in [0.3, 0.4) is 0 Å². The molecule has 0 aliphatic carbocycles. The van der Waals surface area contributed by atoms with Gasteiger partial charge < -0.3 is 15.9 Å². The molecule has 0 spiro atoms. The molecule has 1 heterocycles. The number of fused-ring (bicyclic) bond motifs is 2. The Morgan fingerprint density at radius 3 is 2.50 bits per heavy atom. The first-order chi connectivity index (χ1) is 11.3. The molecule has 0 saturated heterocycles. The molecule has 0 aromatic heterocycles. The fourth-order valence-electron chi connectivity index (χ4n) is 2.32. The average molecular weight is 274 g/mol. The number of para-hydroxylation sites is 2. The van der Waals surface area contributed by atoms with Crippen molar-refractivity contribution in [3.8, 4) is 0 Å². The largest absolute Gasteiger partial charge is 0.385 e. The number of hydrogen-bond donors (Lipinski definition) is 3. The highest BCUT2D eigenvalue weighted by Crippen LogP contribution is 2.44. The quantitative estimate of drug-likeness (QED) is 0.686. The molecule has 4 N–H and O–H groups in total. The Labute approximate surface area is 121 Å². The molecule has 2 aromatic carbocycles. The summed E-state index contributed by atoms with van der Waals surface area (Å²) in [5.41, 5.74) is 5.25. The van der Waals surface area contributed by atoms with Crippen LogP contribution in [0.15, 0.2) is 48.4 Å². The van der Waals surface area contributed by atoms with Crippen molar-refractivity contribution in [1.82, 2.24) is 0 Å². The number of amides is 2. The minimum Gasteiger partial charge on any atom is -0.385 e. The lowest BCUT2D eigenvalue weighted by Gasteiger charge is -2.22. The maximum atomic E-state index is 12.0. The van der Waals surface area contributed by atoms with Gasteiger partial charge in [0.05, 0.1) is 16.9 Å². The summed E-state index contributed by atoms with van der Waals surface area (Å²) in [5.74, 6) is 0. The van der Waals surface area contributed by atoms with Gasteiger partial charge in [0.2, 0.25) is 0 Å². The van der Waals surface area contributed by atoms with Crippen LogP contribution in [-0.2, 0) is 0 Å². The van der Waals surface area contributed by atoms with E-state index in [-0.39, 0.29) is 22.5 Å². The number of rotatable bonds is 0. The highest BCUT2D eigenvalue weighted by atomic mass is 16.3. The number of benzene rings is 2. The molecular formula is C15H14N2O3. The van der Waals surface area contributed by atoms with Gasteiger partial charge in [-0.25, -0.2) is 4.79 Å². The number of anilines is 2. The van der Waals surface area contributed by atoms with Gasteiger partial charge in [-0.15, -0.1) is 0 Å². The van der Waals surface area contributed by atoms with Crippen LogP contribution in [0.2, 0.25) is 0 Å². The van der Waals surface area contributed by atoms with E-state index in [2.05, 4.69) is 0 Å². The van der Waals surface area contributed by atoms with Crippen LogP contribution in [-0.4, -0.2) is 16.2 Å². The van der Waals surface area contributed by atoms with Gasteiger partial charge in [0.1, 0.15) is 12.2 Å². The van der Waals surface area contributed by atoms with E-state index < -0.39 is 42.4 Å². The third-order valence-corrected chi connectivity index (χ3v) is 3.23. The first-order valence-electron chi connectivity index (χ1n) is 7.92. The lowest BCUT2D eigenvalue weighted by molar-refractivity contribution is 0.0188. The monoisotopic (exact) mass is 274 g/mol. The summed E-state index contributed by atoms with van der Waals surface area (Å²) in [6, 6.07) is 2.98. The topological polar surface area (TPSA) is 86.8 Å². The SMILES string of the molecule is [2H]c1c([2H])c([2H])c2c(c1[2H])C(O)C(O)c1ccccc1N2C(N)=O. The van der Waals surface area contributed by atoms with Crippen LogP contribution in [0, 0.1) is 0 Å². The van der Waals surface area contributed by atoms with Gasteiger partial charge in [0.15, 0.2) is 0 Å². The predicted molar refractivity (Wildman–Crippen MR) is 74.5 cm³/mol. The molecular weight excluding hydrogens is 256 g/mol. The second kappa shape index (κ2) is 4.63. The number of carbonyl (C=O) groups excluding carboxylic acids is 1. The summed E-state index contributed by atoms with van der Waals surface area (Å²) in [5, 5.41) is 21.0. The predicted octanol–water partition coefficient (Wildman–Crippen LogP) is 1.98. The summed E-state index contributed by atoms with van der Waals surface area (Å²) in [4.78, 5) is 12.9. The summed E-state index contributed by atoms with van der Waals surface area (Å²) in [6.07, 6.45) is -3.13. The van der Waals surface area contributed by atoms with Crippen LogP contribution in [0.4, 0.5) is 16.2 Å². The fraction of sp³-hybridized carbons (Fsp3) is 0.133. The Morgan fingerprint density at radius 2 is 1.75 bits per heavy atom. The highest BCUT2D eigenvalue weighted by molar-refractivity contribution is 6.00. The van der Waals surface area contributed by atoms with E-state index in [1.807, 2.05) is 0 Å². The molecule has 20 heavy (non-hydrogen) atoms. The zero-order valence-electron chi connectivity index (χ0n) is 14.3. The number of hydrogen-bond acceptors (Lipinski definition) is 3. The van der Waals surface area contributed by atoms with E-state index in [0.29, 0.717) is 0 Å². The average Bonchev–Trinajstić information content (AvgIpc) is 2.65. The van der Waals surface area contributed by atoms with Gasteiger partial charge >= 0.3 is 6.03 Å². The normalized spacial score (nSPS) is 23.6. The Hall–Kier alpha value is -2.37. The Balaban J connectivity index is 2.49. The van der Waals surface area contributed by atoms with Crippen molar-refractivity contribution < 1.29 is 20.5 Å². The first-order valence-corrected chi connectivity index (χ1v) is 5.92. The molecule has 5 nitrogen and oxygen atoms in total. The summed E-state index contributed by atoms with van der Waals surface area (Å²) >= 11 is 0. The highest BCUT2D eigenvalue weighted by Gasteiger charge is 2.33. The van der Waals surface area contributed by atoms with Crippen molar-refractivity contribution in [2.24, 2.45) is 5.73 Å². The van der Waals surface area contributed by atoms with Crippen LogP contribution < -0.4 is 10.6 Å². The number of urea groups is 1. The van der Waals surface area contributed by atoms with E-state index in [1.54, 1.807) is 12.1 Å². The van der Waals surface area contributed by atoms with Crippen LogP contribution in [0.5, 0.6) is 0 Å². The summed E-state index contributed by atoms with van der Waals surface area (Å²) in [6.45, 7) is 0. The molecule has 0 saturated carbocycles. The molecule has 0 bridgehead atoms. The summed E-state index contributed by atoms with van der Waals surface area (Å²) in [7, 11) is 0. The van der Waals surface area contributed by atoms with Crippen molar-refractivity contribution in [1.29, 1.82) is 0 Å². The van der Waals surface area contributed by atoms with Crippen LogP contribution in [0.25, 0.3) is 0 Å². The molecule has 5 heteroatoms. The van der Waals surface area contributed by atoms with E-state index in [0.717, 1.165) is 4.90 Å². The molecule has 0 fully saturated rings. The summed E-state index contributed by atoms with van der Waals surface area (Å²) < 4.78 is 31.7. The first kappa shape index (κ1) is 8.73. The van der Waals surface area contributed by atoms with Gasteiger partial charge in [0.25, 0.3) is 0 Å². The minimum absolute atomic E-state index is 0.153. The zero-order valence-corrected chi connectivity index (χ0v) is 10.3. The van der Waals surface area contributed by atoms with Crippen molar-refractivity contribution in [3.63, 3.8) is 0 Å². The van der Waals surface area contributed by atoms with E-state index in [9.17, 15) is 15.0 Å². The zero-order chi connectivity index (χ0) is 17.8. The maximum absolute atomic E-state index is 12.0. The fourth-order valence-corrected chi connectivity index (χ4v) is 2.32. The lowest BCUT2D eigenvalue weighted by Crippen LogP contribution is -2.32. The molecule has 2 unspecified atom stereocenters. The Bertz CT molecular complexity index is 859. The van der Waals surface area contributed by atoms with Gasteiger partial charge in [-0.1, -0.05) is 36.3 Å².